The van der Waals surface area contributed by atoms with Gasteiger partial charge in [-0.3, -0.25) is 4.79 Å². The number of ether oxygens (including phenoxy) is 1. The summed E-state index contributed by atoms with van der Waals surface area (Å²) in [5.74, 6) is 0.398. The van der Waals surface area contributed by atoms with Crippen LogP contribution in [-0.4, -0.2) is 45.3 Å². The number of aromatic nitrogens is 2. The summed E-state index contributed by atoms with van der Waals surface area (Å²) in [5.41, 5.74) is 9.72. The fraction of sp³-hybridized carbons (Fsp3) is 0.480. The number of hydrogen-bond donors (Lipinski definition) is 3. The van der Waals surface area contributed by atoms with E-state index in [0.717, 1.165) is 42.3 Å². The molecule has 4 fully saturated rings. The maximum absolute atomic E-state index is 12.3. The zero-order valence-electron chi connectivity index (χ0n) is 18.6. The molecule has 0 radical (unpaired) electrons. The van der Waals surface area contributed by atoms with Crippen LogP contribution in [0.3, 0.4) is 0 Å². The molecule has 0 aromatic carbocycles. The van der Waals surface area contributed by atoms with Gasteiger partial charge >= 0.3 is 5.97 Å². The van der Waals surface area contributed by atoms with Gasteiger partial charge in [0.15, 0.2) is 0 Å². The van der Waals surface area contributed by atoms with Crippen molar-refractivity contribution in [2.24, 2.45) is 23.5 Å². The highest BCUT2D eigenvalue weighted by atomic mass is 16.5. The van der Waals surface area contributed by atoms with Crippen molar-refractivity contribution < 1.29 is 19.4 Å². The third kappa shape index (κ3) is 3.11. The molecule has 2 aromatic rings. The second-order valence-electron chi connectivity index (χ2n) is 10.1. The molecule has 7 rings (SSSR count). The van der Waals surface area contributed by atoms with Crippen LogP contribution in [0.15, 0.2) is 36.2 Å². The Balaban J connectivity index is 1.38. The number of anilines is 1. The molecule has 4 N–H and O–H groups in total. The van der Waals surface area contributed by atoms with Crippen LogP contribution in [0, 0.1) is 17.8 Å². The van der Waals surface area contributed by atoms with E-state index in [1.165, 1.54) is 13.3 Å². The van der Waals surface area contributed by atoms with Crippen molar-refractivity contribution in [2.75, 3.05) is 12.4 Å². The molecular formula is C25H28N4O4. The van der Waals surface area contributed by atoms with Crippen LogP contribution in [0.4, 0.5) is 5.69 Å². The van der Waals surface area contributed by atoms with Gasteiger partial charge in [0.25, 0.3) is 5.91 Å². The molecule has 0 spiro atoms. The highest BCUT2D eigenvalue weighted by Gasteiger charge is 2.62. The summed E-state index contributed by atoms with van der Waals surface area (Å²) in [6, 6.07) is 2.14. The lowest BCUT2D eigenvalue weighted by Gasteiger charge is -2.33. The summed E-state index contributed by atoms with van der Waals surface area (Å²) < 4.78 is 6.59. The average Bonchev–Trinajstić information content (AvgIpc) is 3.39. The molecule has 33 heavy (non-hydrogen) atoms. The van der Waals surface area contributed by atoms with E-state index in [4.69, 9.17) is 10.5 Å². The lowest BCUT2D eigenvalue weighted by atomic mass is 9.79. The van der Waals surface area contributed by atoms with E-state index in [1.807, 2.05) is 18.3 Å². The van der Waals surface area contributed by atoms with Crippen molar-refractivity contribution in [3.63, 3.8) is 0 Å². The highest BCUT2D eigenvalue weighted by Crippen LogP contribution is 2.61. The number of methoxy groups -OCH3 is 1. The molecule has 8 heteroatoms. The molecular weight excluding hydrogens is 420 g/mol. The Morgan fingerprint density at radius 3 is 2.82 bits per heavy atom. The third-order valence-electron chi connectivity index (χ3n) is 8.29. The van der Waals surface area contributed by atoms with Gasteiger partial charge in [0.1, 0.15) is 0 Å². The quantitative estimate of drug-likeness (QED) is 0.605. The molecule has 172 valence electrons. The monoisotopic (exact) mass is 448 g/mol. The van der Waals surface area contributed by atoms with Crippen molar-refractivity contribution in [3.05, 3.63) is 47.3 Å². The molecule has 0 saturated heterocycles. The van der Waals surface area contributed by atoms with E-state index in [-0.39, 0.29) is 17.9 Å². The SMILES string of the molecule is COC(=O)C1=CC=C(c2cc3c(NC4C5CC6CC4C(O)(C6)C5)c(C(N)=O)cnn3c2)CC1. The Kier molecular flexibility index (Phi) is 4.46. The molecule has 5 aliphatic rings. The summed E-state index contributed by atoms with van der Waals surface area (Å²) in [7, 11) is 1.39. The lowest BCUT2D eigenvalue weighted by Crippen LogP contribution is -2.37. The number of nitrogens with zero attached hydrogens (tertiary/aromatic N) is 2. The minimum atomic E-state index is -0.578. The normalized spacial score (nSPS) is 32.1. The number of esters is 1. The van der Waals surface area contributed by atoms with Crippen molar-refractivity contribution >= 4 is 28.7 Å². The topological polar surface area (TPSA) is 119 Å². The van der Waals surface area contributed by atoms with Crippen LogP contribution >= 0.6 is 0 Å². The number of aliphatic hydroxyl groups is 1. The molecule has 5 aliphatic carbocycles. The first-order chi connectivity index (χ1) is 15.9. The minimum absolute atomic E-state index is 0.121. The van der Waals surface area contributed by atoms with Crippen LogP contribution in [-0.2, 0) is 9.53 Å². The van der Waals surface area contributed by atoms with Gasteiger partial charge < -0.3 is 20.9 Å². The van der Waals surface area contributed by atoms with Gasteiger partial charge in [-0.25, -0.2) is 9.31 Å². The van der Waals surface area contributed by atoms with E-state index >= 15 is 0 Å². The van der Waals surface area contributed by atoms with Crippen molar-refractivity contribution in [2.45, 2.75) is 50.2 Å². The fourth-order valence-corrected chi connectivity index (χ4v) is 6.91. The van der Waals surface area contributed by atoms with Crippen LogP contribution < -0.4 is 11.1 Å². The average molecular weight is 449 g/mol. The van der Waals surface area contributed by atoms with Gasteiger partial charge in [0.2, 0.25) is 0 Å². The van der Waals surface area contributed by atoms with E-state index < -0.39 is 11.5 Å². The third-order valence-corrected chi connectivity index (χ3v) is 8.29. The minimum Gasteiger partial charge on any atom is -0.466 e. The van der Waals surface area contributed by atoms with Crippen LogP contribution in [0.2, 0.25) is 0 Å². The number of amides is 1. The largest absolute Gasteiger partial charge is 0.466 e. The number of nitrogens with one attached hydrogen (secondary N) is 1. The predicted octanol–water partition coefficient (Wildman–Crippen LogP) is 2.67. The molecule has 8 nitrogen and oxygen atoms in total. The first-order valence-corrected chi connectivity index (χ1v) is 11.6. The molecule has 4 bridgehead atoms. The zero-order valence-corrected chi connectivity index (χ0v) is 18.6. The maximum atomic E-state index is 12.3. The zero-order chi connectivity index (χ0) is 22.9. The Labute approximate surface area is 191 Å². The Bertz CT molecular complexity index is 1240. The standard InChI is InChI=1S/C25H28N4O4/c1-33-24(31)15-4-2-14(3-5-15)17-8-20-22(18(23(26)30)11-27-29(20)12-17)28-21-16-6-13-7-19(21)25(32,9-13)10-16/h2,4,8,11-13,16,19,21,28,32H,3,5-7,9-10H2,1H3,(H2,26,30). The Morgan fingerprint density at radius 1 is 1.27 bits per heavy atom. The molecule has 5 atom stereocenters. The second-order valence-corrected chi connectivity index (χ2v) is 10.1. The molecule has 2 heterocycles. The van der Waals surface area contributed by atoms with Crippen LogP contribution in [0.25, 0.3) is 11.1 Å². The number of carbonyl (C=O) groups is 2. The fourth-order valence-electron chi connectivity index (χ4n) is 6.91. The second kappa shape index (κ2) is 7.18. The van der Waals surface area contributed by atoms with Gasteiger partial charge in [0, 0.05) is 23.7 Å². The number of fused-ring (bicyclic) bond motifs is 1. The van der Waals surface area contributed by atoms with Gasteiger partial charge in [-0.1, -0.05) is 12.2 Å². The molecule has 1 amide bonds. The number of allylic oxidation sites excluding steroid dienone is 3. The summed E-state index contributed by atoms with van der Waals surface area (Å²) in [5, 5.41) is 19.2. The summed E-state index contributed by atoms with van der Waals surface area (Å²) in [4.78, 5) is 24.1. The predicted molar refractivity (Wildman–Crippen MR) is 122 cm³/mol. The number of carbonyl (C=O) groups excluding carboxylic acids is 2. The van der Waals surface area contributed by atoms with Crippen molar-refractivity contribution in [1.82, 2.24) is 9.61 Å². The van der Waals surface area contributed by atoms with Crippen LogP contribution in [0.1, 0.15) is 54.4 Å². The number of hydrogen-bond acceptors (Lipinski definition) is 6. The summed E-state index contributed by atoms with van der Waals surface area (Å²) >= 11 is 0. The molecule has 0 aliphatic heterocycles. The van der Waals surface area contributed by atoms with E-state index in [0.29, 0.717) is 41.5 Å². The van der Waals surface area contributed by atoms with Gasteiger partial charge in [-0.05, 0) is 67.6 Å². The maximum Gasteiger partial charge on any atom is 0.333 e. The molecule has 5 unspecified atom stereocenters. The number of rotatable bonds is 5. The molecule has 4 saturated carbocycles. The van der Waals surface area contributed by atoms with Gasteiger partial charge in [-0.15, -0.1) is 0 Å². The summed E-state index contributed by atoms with van der Waals surface area (Å²) in [6.07, 6.45) is 12.4. The Morgan fingerprint density at radius 2 is 2.12 bits per heavy atom. The smallest absolute Gasteiger partial charge is 0.333 e. The first-order valence-electron chi connectivity index (χ1n) is 11.6. The van der Waals surface area contributed by atoms with Gasteiger partial charge in [-0.2, -0.15) is 5.10 Å². The van der Waals surface area contributed by atoms with E-state index in [1.54, 1.807) is 10.6 Å². The first kappa shape index (κ1) is 20.5. The van der Waals surface area contributed by atoms with Crippen molar-refractivity contribution in [1.29, 1.82) is 0 Å². The van der Waals surface area contributed by atoms with Gasteiger partial charge in [0.05, 0.1) is 35.7 Å². The summed E-state index contributed by atoms with van der Waals surface area (Å²) in [6.45, 7) is 0. The van der Waals surface area contributed by atoms with Crippen molar-refractivity contribution in [3.8, 4) is 0 Å². The number of primary amides is 1. The number of nitrogens with two attached hydrogens (primary N) is 1. The lowest BCUT2D eigenvalue weighted by molar-refractivity contribution is -0.136. The Hall–Kier alpha value is -3.13. The van der Waals surface area contributed by atoms with Crippen LogP contribution in [0.5, 0.6) is 0 Å². The van der Waals surface area contributed by atoms with E-state index in [9.17, 15) is 14.7 Å². The highest BCUT2D eigenvalue weighted by molar-refractivity contribution is 6.02. The van der Waals surface area contributed by atoms with E-state index in [2.05, 4.69) is 10.4 Å². The molecule has 2 aromatic heterocycles.